The van der Waals surface area contributed by atoms with Gasteiger partial charge in [0, 0.05) is 22.7 Å². The number of nitrogen functional groups attached to an aromatic ring is 1. The molecule has 0 atom stereocenters. The van der Waals surface area contributed by atoms with Crippen LogP contribution in [0.4, 0.5) is 5.69 Å². The summed E-state index contributed by atoms with van der Waals surface area (Å²) in [6, 6.07) is 15.4. The molecular formula is C17H15ClN2O. The number of aromatic nitrogens is 1. The first-order valence-corrected chi connectivity index (χ1v) is 7.04. The molecule has 0 radical (unpaired) electrons. The summed E-state index contributed by atoms with van der Waals surface area (Å²) in [7, 11) is 0. The van der Waals surface area contributed by atoms with Crippen molar-refractivity contribution in [2.75, 3.05) is 5.73 Å². The normalized spacial score (nSPS) is 10.8. The Morgan fingerprint density at radius 2 is 1.95 bits per heavy atom. The zero-order chi connectivity index (χ0) is 14.8. The largest absolute Gasteiger partial charge is 0.489 e. The number of nitrogens with two attached hydrogens (primary N) is 1. The van der Waals surface area contributed by atoms with E-state index in [9.17, 15) is 0 Å². The Morgan fingerprint density at radius 1 is 1.14 bits per heavy atom. The quantitative estimate of drug-likeness (QED) is 0.731. The van der Waals surface area contributed by atoms with E-state index in [1.54, 1.807) is 12.1 Å². The second kappa shape index (κ2) is 5.62. The van der Waals surface area contributed by atoms with Gasteiger partial charge in [0.2, 0.25) is 0 Å². The van der Waals surface area contributed by atoms with E-state index >= 15 is 0 Å². The molecule has 0 aliphatic rings. The number of para-hydroxylation sites is 1. The van der Waals surface area contributed by atoms with Gasteiger partial charge in [-0.1, -0.05) is 29.8 Å². The van der Waals surface area contributed by atoms with Crippen molar-refractivity contribution in [1.82, 2.24) is 4.98 Å². The average molecular weight is 299 g/mol. The molecule has 1 aromatic heterocycles. The van der Waals surface area contributed by atoms with E-state index in [0.717, 1.165) is 22.2 Å². The third-order valence-electron chi connectivity index (χ3n) is 3.30. The van der Waals surface area contributed by atoms with Gasteiger partial charge in [0.05, 0.1) is 16.2 Å². The van der Waals surface area contributed by atoms with Crippen molar-refractivity contribution in [3.8, 4) is 5.75 Å². The lowest BCUT2D eigenvalue weighted by Gasteiger charge is -2.10. The van der Waals surface area contributed by atoms with Crippen molar-refractivity contribution in [2.24, 2.45) is 0 Å². The van der Waals surface area contributed by atoms with E-state index in [0.29, 0.717) is 23.1 Å². The third kappa shape index (κ3) is 2.93. The van der Waals surface area contributed by atoms with Gasteiger partial charge in [-0.2, -0.15) is 0 Å². The molecule has 0 amide bonds. The van der Waals surface area contributed by atoms with Gasteiger partial charge in [-0.3, -0.25) is 4.98 Å². The first-order valence-electron chi connectivity index (χ1n) is 6.66. The van der Waals surface area contributed by atoms with Crippen molar-refractivity contribution >= 4 is 28.2 Å². The van der Waals surface area contributed by atoms with E-state index in [1.165, 1.54) is 0 Å². The molecule has 0 unspecified atom stereocenters. The molecule has 106 valence electrons. The van der Waals surface area contributed by atoms with Gasteiger partial charge in [-0.15, -0.1) is 0 Å². The zero-order valence-electron chi connectivity index (χ0n) is 11.6. The van der Waals surface area contributed by atoms with Gasteiger partial charge < -0.3 is 10.5 Å². The second-order valence-corrected chi connectivity index (χ2v) is 5.32. The molecule has 0 bridgehead atoms. The van der Waals surface area contributed by atoms with Crippen molar-refractivity contribution in [3.05, 3.63) is 64.8 Å². The molecule has 21 heavy (non-hydrogen) atoms. The van der Waals surface area contributed by atoms with Crippen molar-refractivity contribution < 1.29 is 4.74 Å². The maximum atomic E-state index is 6.00. The Labute approximate surface area is 128 Å². The van der Waals surface area contributed by atoms with Crippen LogP contribution in [0.15, 0.2) is 48.5 Å². The van der Waals surface area contributed by atoms with E-state index in [-0.39, 0.29) is 0 Å². The molecule has 2 N–H and O–H groups in total. The van der Waals surface area contributed by atoms with E-state index in [1.807, 2.05) is 37.3 Å². The highest BCUT2D eigenvalue weighted by atomic mass is 35.5. The molecule has 0 saturated carbocycles. The topological polar surface area (TPSA) is 48.1 Å². The molecule has 3 nitrogen and oxygen atoms in total. The number of hydrogen-bond acceptors (Lipinski definition) is 3. The number of aryl methyl sites for hydroxylation is 1. The number of rotatable bonds is 3. The van der Waals surface area contributed by atoms with Crippen LogP contribution in [0, 0.1) is 6.92 Å². The van der Waals surface area contributed by atoms with Crippen LogP contribution in [-0.4, -0.2) is 4.98 Å². The fourth-order valence-corrected chi connectivity index (χ4v) is 2.44. The molecule has 0 aliphatic carbocycles. The van der Waals surface area contributed by atoms with Crippen molar-refractivity contribution in [2.45, 2.75) is 13.5 Å². The Kier molecular flexibility index (Phi) is 3.67. The van der Waals surface area contributed by atoms with E-state index < -0.39 is 0 Å². The minimum absolute atomic E-state index is 0.462. The Balaban J connectivity index is 1.89. The molecule has 0 aliphatic heterocycles. The summed E-state index contributed by atoms with van der Waals surface area (Å²) >= 11 is 6.00. The molecule has 4 heteroatoms. The van der Waals surface area contributed by atoms with Crippen LogP contribution in [0.1, 0.15) is 11.3 Å². The Hall–Kier alpha value is -2.26. The van der Waals surface area contributed by atoms with Crippen molar-refractivity contribution in [3.63, 3.8) is 0 Å². The number of benzene rings is 2. The highest BCUT2D eigenvalue weighted by Gasteiger charge is 2.05. The number of ether oxygens (including phenoxy) is 1. The van der Waals surface area contributed by atoms with E-state index in [4.69, 9.17) is 22.1 Å². The van der Waals surface area contributed by atoms with Gasteiger partial charge in [0.15, 0.2) is 0 Å². The van der Waals surface area contributed by atoms with Gasteiger partial charge >= 0.3 is 0 Å². The predicted octanol–water partition coefficient (Wildman–Crippen LogP) is 4.36. The smallest absolute Gasteiger partial charge is 0.121 e. The minimum atomic E-state index is 0.462. The lowest BCUT2D eigenvalue weighted by molar-refractivity contribution is 0.307. The molecule has 2 aromatic carbocycles. The van der Waals surface area contributed by atoms with Crippen LogP contribution in [0.5, 0.6) is 5.75 Å². The lowest BCUT2D eigenvalue weighted by Crippen LogP contribution is -1.99. The maximum absolute atomic E-state index is 6.00. The number of fused-ring (bicyclic) bond motifs is 1. The minimum Gasteiger partial charge on any atom is -0.489 e. The van der Waals surface area contributed by atoms with Crippen LogP contribution >= 0.6 is 11.6 Å². The summed E-state index contributed by atoms with van der Waals surface area (Å²) in [4.78, 5) is 4.52. The van der Waals surface area contributed by atoms with Gasteiger partial charge in [-0.05, 0) is 31.2 Å². The SMILES string of the molecule is Cc1cc(COc2ccc(N)c(Cl)c2)c2ccccc2n1. The Morgan fingerprint density at radius 3 is 2.76 bits per heavy atom. The first kappa shape index (κ1) is 13.7. The third-order valence-corrected chi connectivity index (χ3v) is 3.62. The van der Waals surface area contributed by atoms with Crippen LogP contribution < -0.4 is 10.5 Å². The molecule has 0 spiro atoms. The predicted molar refractivity (Wildman–Crippen MR) is 86.7 cm³/mol. The fraction of sp³-hybridized carbons (Fsp3) is 0.118. The van der Waals surface area contributed by atoms with Gasteiger partial charge in [-0.25, -0.2) is 0 Å². The van der Waals surface area contributed by atoms with Crippen LogP contribution in [0.3, 0.4) is 0 Å². The molecule has 1 heterocycles. The Bertz CT molecular complexity index is 802. The van der Waals surface area contributed by atoms with Crippen LogP contribution in [0.2, 0.25) is 5.02 Å². The number of anilines is 1. The van der Waals surface area contributed by atoms with Crippen molar-refractivity contribution in [1.29, 1.82) is 0 Å². The highest BCUT2D eigenvalue weighted by molar-refractivity contribution is 6.33. The number of pyridine rings is 1. The molecule has 0 fully saturated rings. The van der Waals surface area contributed by atoms with Crippen LogP contribution in [-0.2, 0) is 6.61 Å². The summed E-state index contributed by atoms with van der Waals surface area (Å²) in [5, 5.41) is 1.60. The zero-order valence-corrected chi connectivity index (χ0v) is 12.4. The number of hydrogen-bond donors (Lipinski definition) is 1. The first-order chi connectivity index (χ1) is 10.1. The number of nitrogens with zero attached hydrogens (tertiary/aromatic N) is 1. The highest BCUT2D eigenvalue weighted by Crippen LogP contribution is 2.26. The lowest BCUT2D eigenvalue weighted by atomic mass is 10.1. The summed E-state index contributed by atoms with van der Waals surface area (Å²) in [6.07, 6.45) is 0. The van der Waals surface area contributed by atoms with Gasteiger partial charge in [0.1, 0.15) is 12.4 Å². The maximum Gasteiger partial charge on any atom is 0.121 e. The van der Waals surface area contributed by atoms with Crippen LogP contribution in [0.25, 0.3) is 10.9 Å². The molecule has 0 saturated heterocycles. The average Bonchev–Trinajstić information content (AvgIpc) is 2.48. The summed E-state index contributed by atoms with van der Waals surface area (Å²) in [5.74, 6) is 0.702. The fourth-order valence-electron chi connectivity index (χ4n) is 2.27. The second-order valence-electron chi connectivity index (χ2n) is 4.91. The number of halogens is 1. The standard InChI is InChI=1S/C17H15ClN2O/c1-11-8-12(14-4-2-3-5-17(14)20-11)10-21-13-6-7-16(19)15(18)9-13/h2-9H,10,19H2,1H3. The summed E-state index contributed by atoms with van der Waals surface area (Å²) < 4.78 is 5.82. The monoisotopic (exact) mass is 298 g/mol. The molecule has 3 aromatic rings. The summed E-state index contributed by atoms with van der Waals surface area (Å²) in [6.45, 7) is 2.44. The summed E-state index contributed by atoms with van der Waals surface area (Å²) in [5.41, 5.74) is 9.30. The van der Waals surface area contributed by atoms with Gasteiger partial charge in [0.25, 0.3) is 0 Å². The van der Waals surface area contributed by atoms with E-state index in [2.05, 4.69) is 11.1 Å². The molecular weight excluding hydrogens is 284 g/mol. The molecule has 3 rings (SSSR count).